The summed E-state index contributed by atoms with van der Waals surface area (Å²) in [6.45, 7) is 2.09. The first-order valence-electron chi connectivity index (χ1n) is 6.80. The van der Waals surface area contributed by atoms with Crippen LogP contribution in [0.4, 0.5) is 0 Å². The summed E-state index contributed by atoms with van der Waals surface area (Å²) in [7, 11) is 1.61. The van der Waals surface area contributed by atoms with Crippen LogP contribution in [-0.2, 0) is 0 Å². The van der Waals surface area contributed by atoms with Crippen molar-refractivity contribution >= 4 is 23.1 Å². The third kappa shape index (κ3) is 3.08. The molecule has 0 saturated carbocycles. The summed E-state index contributed by atoms with van der Waals surface area (Å²) in [5, 5.41) is 1.16. The van der Waals surface area contributed by atoms with Gasteiger partial charge in [-0.1, -0.05) is 23.8 Å². The van der Waals surface area contributed by atoms with Gasteiger partial charge in [-0.15, -0.1) is 0 Å². The highest BCUT2D eigenvalue weighted by molar-refractivity contribution is 5.81. The van der Waals surface area contributed by atoms with Crippen molar-refractivity contribution in [2.75, 3.05) is 7.11 Å². The number of benzene rings is 1. The molecule has 21 heavy (non-hydrogen) atoms. The minimum absolute atomic E-state index is 0.610. The molecule has 3 aromatic rings. The van der Waals surface area contributed by atoms with Gasteiger partial charge < -0.3 is 4.74 Å². The molecular weight excluding hydrogens is 260 g/mol. The van der Waals surface area contributed by atoms with Gasteiger partial charge in [0.25, 0.3) is 0 Å². The van der Waals surface area contributed by atoms with Gasteiger partial charge in [-0.2, -0.15) is 0 Å². The number of aryl methyl sites for hydroxylation is 1. The van der Waals surface area contributed by atoms with Crippen molar-refractivity contribution in [1.29, 1.82) is 0 Å². The van der Waals surface area contributed by atoms with Crippen molar-refractivity contribution in [3.8, 4) is 5.88 Å². The van der Waals surface area contributed by atoms with E-state index in [4.69, 9.17) is 4.74 Å². The molecule has 0 fully saturated rings. The van der Waals surface area contributed by atoms with Crippen LogP contribution >= 0.6 is 0 Å². The zero-order valence-electron chi connectivity index (χ0n) is 12.1. The van der Waals surface area contributed by atoms with E-state index in [1.807, 2.05) is 30.4 Å². The number of pyridine rings is 2. The molecule has 3 heteroatoms. The summed E-state index contributed by atoms with van der Waals surface area (Å²) in [5.41, 5.74) is 4.22. The minimum Gasteiger partial charge on any atom is -0.481 e. The Labute approximate surface area is 123 Å². The molecule has 0 bridgehead atoms. The molecule has 2 aromatic heterocycles. The molecule has 1 aromatic carbocycles. The second-order valence-corrected chi connectivity index (χ2v) is 4.90. The quantitative estimate of drug-likeness (QED) is 0.722. The lowest BCUT2D eigenvalue weighted by atomic mass is 10.1. The SMILES string of the molecule is COc1cc(/C=C/c2ccc3cc(C)ccc3n2)ccn1. The first-order chi connectivity index (χ1) is 10.2. The topological polar surface area (TPSA) is 35.0 Å². The van der Waals surface area contributed by atoms with Gasteiger partial charge in [0.15, 0.2) is 0 Å². The number of rotatable bonds is 3. The largest absolute Gasteiger partial charge is 0.481 e. The fourth-order valence-corrected chi connectivity index (χ4v) is 2.18. The van der Waals surface area contributed by atoms with Gasteiger partial charge in [0, 0.05) is 17.6 Å². The Kier molecular flexibility index (Phi) is 3.65. The van der Waals surface area contributed by atoms with E-state index < -0.39 is 0 Å². The van der Waals surface area contributed by atoms with E-state index in [1.54, 1.807) is 13.3 Å². The predicted molar refractivity (Wildman–Crippen MR) is 86.2 cm³/mol. The molecule has 0 aliphatic carbocycles. The van der Waals surface area contributed by atoms with Crippen molar-refractivity contribution in [3.05, 3.63) is 65.5 Å². The predicted octanol–water partition coefficient (Wildman–Crippen LogP) is 4.12. The number of methoxy groups -OCH3 is 1. The molecule has 0 unspecified atom stereocenters. The van der Waals surface area contributed by atoms with Crippen LogP contribution in [0.15, 0.2) is 48.7 Å². The third-order valence-corrected chi connectivity index (χ3v) is 3.28. The van der Waals surface area contributed by atoms with Gasteiger partial charge in [-0.3, -0.25) is 0 Å². The van der Waals surface area contributed by atoms with E-state index in [9.17, 15) is 0 Å². The standard InChI is InChI=1S/C18H16N2O/c1-13-3-8-17-15(11-13)5-7-16(20-17)6-4-14-9-10-19-18(12-14)21-2/h3-12H,1-2H3/b6-4+. The first kappa shape index (κ1) is 13.3. The average molecular weight is 276 g/mol. The van der Waals surface area contributed by atoms with Crippen molar-refractivity contribution < 1.29 is 4.74 Å². The number of hydrogen-bond donors (Lipinski definition) is 0. The summed E-state index contributed by atoms with van der Waals surface area (Å²) in [6, 6.07) is 14.2. The molecular formula is C18H16N2O. The maximum atomic E-state index is 5.12. The van der Waals surface area contributed by atoms with Crippen molar-refractivity contribution in [1.82, 2.24) is 9.97 Å². The summed E-state index contributed by atoms with van der Waals surface area (Å²) in [4.78, 5) is 8.73. The molecule has 2 heterocycles. The number of aromatic nitrogens is 2. The Morgan fingerprint density at radius 1 is 1.00 bits per heavy atom. The Morgan fingerprint density at radius 2 is 1.90 bits per heavy atom. The lowest BCUT2D eigenvalue weighted by Crippen LogP contribution is -1.87. The minimum atomic E-state index is 0.610. The van der Waals surface area contributed by atoms with Crippen LogP contribution in [0, 0.1) is 6.92 Å². The van der Waals surface area contributed by atoms with Gasteiger partial charge in [-0.25, -0.2) is 9.97 Å². The molecule has 0 atom stereocenters. The maximum Gasteiger partial charge on any atom is 0.213 e. The van der Waals surface area contributed by atoms with Crippen LogP contribution in [0.3, 0.4) is 0 Å². The second-order valence-electron chi connectivity index (χ2n) is 4.90. The third-order valence-electron chi connectivity index (χ3n) is 3.28. The molecule has 0 radical (unpaired) electrons. The highest BCUT2D eigenvalue weighted by Gasteiger charge is 1.97. The first-order valence-corrected chi connectivity index (χ1v) is 6.80. The highest BCUT2D eigenvalue weighted by atomic mass is 16.5. The summed E-state index contributed by atoms with van der Waals surface area (Å²) in [6.07, 6.45) is 5.73. The normalized spacial score (nSPS) is 11.1. The van der Waals surface area contributed by atoms with Crippen LogP contribution in [0.2, 0.25) is 0 Å². The smallest absolute Gasteiger partial charge is 0.213 e. The van der Waals surface area contributed by atoms with E-state index in [0.29, 0.717) is 5.88 Å². The fraction of sp³-hybridized carbons (Fsp3) is 0.111. The zero-order valence-corrected chi connectivity index (χ0v) is 12.1. The van der Waals surface area contributed by atoms with Crippen molar-refractivity contribution in [2.45, 2.75) is 6.92 Å². The Bertz CT molecular complexity index is 809. The summed E-state index contributed by atoms with van der Waals surface area (Å²) < 4.78 is 5.12. The number of fused-ring (bicyclic) bond motifs is 1. The number of ether oxygens (including phenoxy) is 1. The number of hydrogen-bond acceptors (Lipinski definition) is 3. The van der Waals surface area contributed by atoms with Gasteiger partial charge >= 0.3 is 0 Å². The van der Waals surface area contributed by atoms with Crippen LogP contribution in [-0.4, -0.2) is 17.1 Å². The lowest BCUT2D eigenvalue weighted by Gasteiger charge is -2.01. The molecule has 0 spiro atoms. The molecule has 3 rings (SSSR count). The van der Waals surface area contributed by atoms with Gasteiger partial charge in [0.2, 0.25) is 5.88 Å². The molecule has 3 nitrogen and oxygen atoms in total. The van der Waals surface area contributed by atoms with E-state index >= 15 is 0 Å². The van der Waals surface area contributed by atoms with Crippen LogP contribution in [0.1, 0.15) is 16.8 Å². The van der Waals surface area contributed by atoms with Gasteiger partial charge in [-0.05, 0) is 42.8 Å². The van der Waals surface area contributed by atoms with Crippen molar-refractivity contribution in [2.24, 2.45) is 0 Å². The second kappa shape index (κ2) is 5.75. The molecule has 0 N–H and O–H groups in total. The zero-order chi connectivity index (χ0) is 14.7. The Hall–Kier alpha value is -2.68. The highest BCUT2D eigenvalue weighted by Crippen LogP contribution is 2.16. The van der Waals surface area contributed by atoms with E-state index in [1.165, 1.54) is 5.56 Å². The fourth-order valence-electron chi connectivity index (χ4n) is 2.18. The molecule has 0 aliphatic heterocycles. The molecule has 0 aliphatic rings. The molecule has 104 valence electrons. The van der Waals surface area contributed by atoms with Crippen molar-refractivity contribution in [3.63, 3.8) is 0 Å². The Balaban J connectivity index is 1.90. The van der Waals surface area contributed by atoms with E-state index in [-0.39, 0.29) is 0 Å². The average Bonchev–Trinajstić information content (AvgIpc) is 2.53. The van der Waals surface area contributed by atoms with E-state index in [2.05, 4.69) is 41.2 Å². The van der Waals surface area contributed by atoms with Crippen LogP contribution < -0.4 is 4.74 Å². The maximum absolute atomic E-state index is 5.12. The Morgan fingerprint density at radius 3 is 2.76 bits per heavy atom. The molecule has 0 saturated heterocycles. The lowest BCUT2D eigenvalue weighted by molar-refractivity contribution is 0.398. The monoisotopic (exact) mass is 276 g/mol. The summed E-state index contributed by atoms with van der Waals surface area (Å²) in [5.74, 6) is 0.610. The van der Waals surface area contributed by atoms with Crippen LogP contribution in [0.5, 0.6) is 5.88 Å². The summed E-state index contributed by atoms with van der Waals surface area (Å²) >= 11 is 0. The van der Waals surface area contributed by atoms with E-state index in [0.717, 1.165) is 22.2 Å². The molecule has 0 amide bonds. The number of nitrogens with zero attached hydrogens (tertiary/aromatic N) is 2. The van der Waals surface area contributed by atoms with Gasteiger partial charge in [0.1, 0.15) is 0 Å². The van der Waals surface area contributed by atoms with Crippen LogP contribution in [0.25, 0.3) is 23.1 Å². The van der Waals surface area contributed by atoms with Gasteiger partial charge in [0.05, 0.1) is 18.3 Å².